The molecule has 0 saturated carbocycles. The molecule has 1 aliphatic heterocycles. The van der Waals surface area contributed by atoms with E-state index in [1.807, 2.05) is 0 Å². The fourth-order valence-corrected chi connectivity index (χ4v) is 3.08. The molecule has 1 fully saturated rings. The van der Waals surface area contributed by atoms with Gasteiger partial charge in [0.1, 0.15) is 11.8 Å². The molecule has 2 rings (SSSR count). The van der Waals surface area contributed by atoms with Crippen LogP contribution in [0.1, 0.15) is 17.2 Å². The van der Waals surface area contributed by atoms with E-state index >= 15 is 0 Å². The van der Waals surface area contributed by atoms with Gasteiger partial charge in [0.2, 0.25) is 0 Å². The first-order valence-electron chi connectivity index (χ1n) is 6.31. The molecule has 0 radical (unpaired) electrons. The van der Waals surface area contributed by atoms with E-state index in [2.05, 4.69) is 21.2 Å². The Labute approximate surface area is 123 Å². The van der Waals surface area contributed by atoms with E-state index in [-0.39, 0.29) is 11.3 Å². The summed E-state index contributed by atoms with van der Waals surface area (Å²) in [6, 6.07) is 1.17. The van der Waals surface area contributed by atoms with Crippen LogP contribution in [0.4, 0.5) is 13.2 Å². The number of rotatable bonds is 2. The van der Waals surface area contributed by atoms with Crippen molar-refractivity contribution < 1.29 is 18.3 Å². The molecule has 1 aliphatic rings. The summed E-state index contributed by atoms with van der Waals surface area (Å²) in [6.45, 7) is 3.22. The maximum absolute atomic E-state index is 13.4. The highest BCUT2D eigenvalue weighted by Gasteiger charge is 2.46. The van der Waals surface area contributed by atoms with Crippen molar-refractivity contribution >= 4 is 15.9 Å². The Balaban J connectivity index is 2.46. The minimum absolute atomic E-state index is 0.0914. The van der Waals surface area contributed by atoms with Crippen molar-refractivity contribution in [3.8, 4) is 5.75 Å². The van der Waals surface area contributed by atoms with Crippen molar-refractivity contribution in [3.05, 3.63) is 27.7 Å². The van der Waals surface area contributed by atoms with E-state index in [0.717, 1.165) is 0 Å². The fourth-order valence-electron chi connectivity index (χ4n) is 2.49. The molecule has 1 atom stereocenters. The maximum atomic E-state index is 13.4. The number of alkyl halides is 3. The number of aromatic hydroxyl groups is 1. The highest BCUT2D eigenvalue weighted by molar-refractivity contribution is 9.10. The van der Waals surface area contributed by atoms with Gasteiger partial charge in [0, 0.05) is 36.2 Å². The lowest BCUT2D eigenvalue weighted by Crippen LogP contribution is -2.49. The summed E-state index contributed by atoms with van der Waals surface area (Å²) in [4.78, 5) is 1.36. The van der Waals surface area contributed by atoms with Gasteiger partial charge in [0.15, 0.2) is 0 Å². The molecule has 1 aromatic rings. The summed E-state index contributed by atoms with van der Waals surface area (Å²) < 4.78 is 40.9. The van der Waals surface area contributed by atoms with E-state index in [0.29, 0.717) is 36.2 Å². The SMILES string of the molecule is Cc1cc(Br)cc([C@@H](N2CCNCC2)C(F)(F)F)c1O. The molecule has 2 N–H and O–H groups in total. The van der Waals surface area contributed by atoms with Crippen LogP contribution in [0.2, 0.25) is 0 Å². The predicted octanol–water partition coefficient (Wildman–Crippen LogP) is 2.97. The molecule has 1 aromatic carbocycles. The van der Waals surface area contributed by atoms with Crippen molar-refractivity contribution in [2.75, 3.05) is 26.2 Å². The van der Waals surface area contributed by atoms with Gasteiger partial charge >= 0.3 is 6.18 Å². The topological polar surface area (TPSA) is 35.5 Å². The highest BCUT2D eigenvalue weighted by Crippen LogP contribution is 2.43. The average molecular weight is 353 g/mol. The standard InChI is InChI=1S/C13H16BrF3N2O/c1-8-6-9(14)7-10(11(8)20)12(13(15,16)17)19-4-2-18-3-5-19/h6-7,12,18,20H,2-5H2,1H3/t12-/m1/s1. The quantitative estimate of drug-likeness (QED) is 0.858. The summed E-state index contributed by atoms with van der Waals surface area (Å²) >= 11 is 3.20. The second-order valence-corrected chi connectivity index (χ2v) is 5.81. The number of hydrogen-bond acceptors (Lipinski definition) is 3. The monoisotopic (exact) mass is 352 g/mol. The van der Waals surface area contributed by atoms with Crippen LogP contribution in [0.3, 0.4) is 0 Å². The maximum Gasteiger partial charge on any atom is 0.408 e. The van der Waals surface area contributed by atoms with Gasteiger partial charge in [-0.1, -0.05) is 15.9 Å². The number of benzene rings is 1. The number of hydrogen-bond donors (Lipinski definition) is 2. The van der Waals surface area contributed by atoms with E-state index in [1.165, 1.54) is 11.0 Å². The van der Waals surface area contributed by atoms with Crippen LogP contribution in [0.5, 0.6) is 5.75 Å². The Morgan fingerprint density at radius 2 is 1.90 bits per heavy atom. The van der Waals surface area contributed by atoms with Crippen LogP contribution in [0.15, 0.2) is 16.6 Å². The van der Waals surface area contributed by atoms with Gasteiger partial charge in [-0.05, 0) is 24.6 Å². The molecule has 3 nitrogen and oxygen atoms in total. The Hall–Kier alpha value is -0.790. The summed E-state index contributed by atoms with van der Waals surface area (Å²) in [7, 11) is 0. The van der Waals surface area contributed by atoms with Gasteiger partial charge in [-0.15, -0.1) is 0 Å². The van der Waals surface area contributed by atoms with Gasteiger partial charge in [0.25, 0.3) is 0 Å². The number of phenolic OH excluding ortho intramolecular Hbond substituents is 1. The third-order valence-corrected chi connectivity index (χ3v) is 3.87. The van der Waals surface area contributed by atoms with E-state index in [9.17, 15) is 18.3 Å². The second kappa shape index (κ2) is 5.91. The minimum atomic E-state index is -4.43. The molecule has 0 aliphatic carbocycles. The molecular weight excluding hydrogens is 337 g/mol. The lowest BCUT2D eigenvalue weighted by atomic mass is 10.00. The molecule has 1 saturated heterocycles. The van der Waals surface area contributed by atoms with Gasteiger partial charge < -0.3 is 10.4 Å². The van der Waals surface area contributed by atoms with Crippen LogP contribution < -0.4 is 5.32 Å². The van der Waals surface area contributed by atoms with Crippen LogP contribution in [0.25, 0.3) is 0 Å². The van der Waals surface area contributed by atoms with Crippen molar-refractivity contribution in [1.82, 2.24) is 10.2 Å². The molecule has 20 heavy (non-hydrogen) atoms. The van der Waals surface area contributed by atoms with Crippen molar-refractivity contribution in [2.45, 2.75) is 19.1 Å². The van der Waals surface area contributed by atoms with Crippen LogP contribution in [0, 0.1) is 6.92 Å². The number of nitrogens with zero attached hydrogens (tertiary/aromatic N) is 1. The predicted molar refractivity (Wildman–Crippen MR) is 73.8 cm³/mol. The lowest BCUT2D eigenvalue weighted by Gasteiger charge is -2.36. The molecule has 0 bridgehead atoms. The normalized spacial score (nSPS) is 19.1. The minimum Gasteiger partial charge on any atom is -0.507 e. The zero-order chi connectivity index (χ0) is 14.9. The molecular formula is C13H16BrF3N2O. The summed E-state index contributed by atoms with van der Waals surface area (Å²) in [6.07, 6.45) is -4.43. The Kier molecular flexibility index (Phi) is 4.61. The zero-order valence-corrected chi connectivity index (χ0v) is 12.6. The first-order chi connectivity index (χ1) is 9.30. The van der Waals surface area contributed by atoms with E-state index in [4.69, 9.17) is 0 Å². The van der Waals surface area contributed by atoms with Crippen molar-refractivity contribution in [2.24, 2.45) is 0 Å². The van der Waals surface area contributed by atoms with Gasteiger partial charge in [0.05, 0.1) is 0 Å². The number of aryl methyl sites for hydroxylation is 1. The molecule has 0 spiro atoms. The van der Waals surface area contributed by atoms with Gasteiger partial charge in [-0.2, -0.15) is 13.2 Å². The zero-order valence-electron chi connectivity index (χ0n) is 11.0. The smallest absolute Gasteiger partial charge is 0.408 e. The second-order valence-electron chi connectivity index (χ2n) is 4.89. The Morgan fingerprint density at radius 3 is 2.45 bits per heavy atom. The molecule has 1 heterocycles. The molecule has 7 heteroatoms. The molecule has 0 unspecified atom stereocenters. The van der Waals surface area contributed by atoms with Crippen LogP contribution >= 0.6 is 15.9 Å². The first-order valence-corrected chi connectivity index (χ1v) is 7.10. The first kappa shape index (κ1) is 15.6. The molecule has 0 amide bonds. The third kappa shape index (κ3) is 3.27. The number of nitrogens with one attached hydrogen (secondary N) is 1. The van der Waals surface area contributed by atoms with Crippen LogP contribution in [-0.4, -0.2) is 42.4 Å². The fraction of sp³-hybridized carbons (Fsp3) is 0.538. The van der Waals surface area contributed by atoms with Crippen molar-refractivity contribution in [3.63, 3.8) is 0 Å². The molecule has 0 aromatic heterocycles. The highest BCUT2D eigenvalue weighted by atomic mass is 79.9. The third-order valence-electron chi connectivity index (χ3n) is 3.42. The van der Waals surface area contributed by atoms with Gasteiger partial charge in [-0.3, -0.25) is 4.90 Å². The number of piperazine rings is 1. The largest absolute Gasteiger partial charge is 0.507 e. The number of phenols is 1. The Morgan fingerprint density at radius 1 is 1.30 bits per heavy atom. The molecule has 112 valence electrons. The summed E-state index contributed by atoms with van der Waals surface area (Å²) in [5, 5.41) is 13.1. The Bertz CT molecular complexity index is 487. The van der Waals surface area contributed by atoms with E-state index < -0.39 is 12.2 Å². The van der Waals surface area contributed by atoms with Crippen LogP contribution in [-0.2, 0) is 0 Å². The number of halogens is 4. The average Bonchev–Trinajstić information content (AvgIpc) is 2.35. The van der Waals surface area contributed by atoms with Crippen molar-refractivity contribution in [1.29, 1.82) is 0 Å². The van der Waals surface area contributed by atoms with E-state index in [1.54, 1.807) is 13.0 Å². The summed E-state index contributed by atoms with van der Waals surface area (Å²) in [5.41, 5.74) is 0.338. The summed E-state index contributed by atoms with van der Waals surface area (Å²) in [5.74, 6) is -0.283. The van der Waals surface area contributed by atoms with Gasteiger partial charge in [-0.25, -0.2) is 0 Å². The lowest BCUT2D eigenvalue weighted by molar-refractivity contribution is -0.188.